The Morgan fingerprint density at radius 1 is 1.06 bits per heavy atom. The highest BCUT2D eigenvalue weighted by atomic mass is 16.2. The van der Waals surface area contributed by atoms with Gasteiger partial charge in [-0.1, -0.05) is 18.6 Å². The van der Waals surface area contributed by atoms with Gasteiger partial charge in [-0.15, -0.1) is 0 Å². The summed E-state index contributed by atoms with van der Waals surface area (Å²) in [5.41, 5.74) is 1.77. The number of benzene rings is 1. The van der Waals surface area contributed by atoms with Gasteiger partial charge in [-0.3, -0.25) is 19.5 Å². The quantitative estimate of drug-likeness (QED) is 0.500. The second-order valence-electron chi connectivity index (χ2n) is 8.54. The number of carbonyl (C=O) groups is 2. The van der Waals surface area contributed by atoms with Crippen molar-refractivity contribution in [1.82, 2.24) is 25.3 Å². The van der Waals surface area contributed by atoms with Gasteiger partial charge in [-0.05, 0) is 30.5 Å². The van der Waals surface area contributed by atoms with E-state index in [-0.39, 0.29) is 5.91 Å². The summed E-state index contributed by atoms with van der Waals surface area (Å²) in [7, 11) is 5.27. The number of nitrogens with zero attached hydrogens (tertiary/aromatic N) is 4. The number of guanidine groups is 1. The van der Waals surface area contributed by atoms with E-state index in [2.05, 4.69) is 20.5 Å². The molecule has 0 aromatic heterocycles. The van der Waals surface area contributed by atoms with Gasteiger partial charge < -0.3 is 20.4 Å². The molecule has 1 aliphatic carbocycles. The molecule has 0 atom stereocenters. The van der Waals surface area contributed by atoms with Crippen LogP contribution in [0.4, 0.5) is 0 Å². The fourth-order valence-electron chi connectivity index (χ4n) is 3.87. The van der Waals surface area contributed by atoms with Crippen molar-refractivity contribution in [3.63, 3.8) is 0 Å². The Morgan fingerprint density at radius 3 is 2.29 bits per heavy atom. The van der Waals surface area contributed by atoms with Crippen molar-refractivity contribution in [3.8, 4) is 0 Å². The van der Waals surface area contributed by atoms with E-state index in [1.807, 2.05) is 29.2 Å². The molecule has 1 saturated carbocycles. The summed E-state index contributed by atoms with van der Waals surface area (Å²) in [5.74, 6) is 1.43. The fourth-order valence-corrected chi connectivity index (χ4v) is 3.87. The molecule has 2 aliphatic rings. The lowest BCUT2D eigenvalue weighted by Crippen LogP contribution is -2.52. The van der Waals surface area contributed by atoms with E-state index in [4.69, 9.17) is 0 Å². The van der Waals surface area contributed by atoms with Gasteiger partial charge in [0.2, 0.25) is 5.91 Å². The predicted molar refractivity (Wildman–Crippen MR) is 123 cm³/mol. The van der Waals surface area contributed by atoms with E-state index in [0.29, 0.717) is 23.9 Å². The molecule has 1 heterocycles. The van der Waals surface area contributed by atoms with Gasteiger partial charge in [0, 0.05) is 78.4 Å². The van der Waals surface area contributed by atoms with Gasteiger partial charge in [0.05, 0.1) is 0 Å². The third-order valence-electron chi connectivity index (χ3n) is 6.15. The maximum Gasteiger partial charge on any atom is 0.253 e. The molecular formula is C23H36N6O2. The number of carbonyl (C=O) groups excluding carboxylic acids is 2. The standard InChI is InChI=1S/C23H36N6O2/c1-24-23(26-17-18-7-9-20(10-8-18)21(30)27(2)3)25-11-12-28-13-15-29(16-14-28)22(31)19-5-4-6-19/h7-10,19H,4-6,11-17H2,1-3H3,(H2,24,25,26). The van der Waals surface area contributed by atoms with Crippen molar-refractivity contribution in [3.05, 3.63) is 35.4 Å². The topological polar surface area (TPSA) is 80.3 Å². The summed E-state index contributed by atoms with van der Waals surface area (Å²) in [6.07, 6.45) is 3.36. The predicted octanol–water partition coefficient (Wildman–Crippen LogP) is 0.998. The second-order valence-corrected chi connectivity index (χ2v) is 8.54. The average Bonchev–Trinajstić information content (AvgIpc) is 2.75. The van der Waals surface area contributed by atoms with Crippen LogP contribution in [0.1, 0.15) is 35.2 Å². The second kappa shape index (κ2) is 11.1. The molecular weight excluding hydrogens is 392 g/mol. The van der Waals surface area contributed by atoms with E-state index in [1.54, 1.807) is 26.0 Å². The number of nitrogens with one attached hydrogen (secondary N) is 2. The summed E-state index contributed by atoms with van der Waals surface area (Å²) >= 11 is 0. The van der Waals surface area contributed by atoms with Crippen molar-refractivity contribution in [2.75, 3.05) is 60.4 Å². The minimum absolute atomic E-state index is 0.00484. The van der Waals surface area contributed by atoms with Crippen LogP contribution < -0.4 is 10.6 Å². The Bertz CT molecular complexity index is 765. The van der Waals surface area contributed by atoms with Crippen LogP contribution in [0.5, 0.6) is 0 Å². The van der Waals surface area contributed by atoms with Gasteiger partial charge in [0.15, 0.2) is 5.96 Å². The molecule has 2 N–H and O–H groups in total. The Labute approximate surface area is 185 Å². The zero-order valence-electron chi connectivity index (χ0n) is 19.1. The Kier molecular flexibility index (Phi) is 8.28. The number of amides is 2. The molecule has 1 saturated heterocycles. The number of hydrogen-bond donors (Lipinski definition) is 2. The Morgan fingerprint density at radius 2 is 1.74 bits per heavy atom. The van der Waals surface area contributed by atoms with Crippen LogP contribution in [0.2, 0.25) is 0 Å². The number of hydrogen-bond acceptors (Lipinski definition) is 4. The number of aliphatic imine (C=N–C) groups is 1. The van der Waals surface area contributed by atoms with E-state index in [1.165, 1.54) is 6.42 Å². The van der Waals surface area contributed by atoms with Gasteiger partial charge in [0.1, 0.15) is 0 Å². The van der Waals surface area contributed by atoms with Crippen LogP contribution >= 0.6 is 0 Å². The van der Waals surface area contributed by atoms with Crippen molar-refractivity contribution < 1.29 is 9.59 Å². The average molecular weight is 429 g/mol. The summed E-state index contributed by atoms with van der Waals surface area (Å²) in [4.78, 5) is 34.6. The molecule has 2 fully saturated rings. The molecule has 0 spiro atoms. The number of piperazine rings is 1. The first kappa shape index (κ1) is 23.1. The Balaban J connectivity index is 1.33. The minimum atomic E-state index is 0.00484. The van der Waals surface area contributed by atoms with Crippen molar-refractivity contribution in [1.29, 1.82) is 0 Å². The smallest absolute Gasteiger partial charge is 0.253 e. The van der Waals surface area contributed by atoms with Crippen LogP contribution in [-0.2, 0) is 11.3 Å². The SMILES string of the molecule is CN=C(NCCN1CCN(C(=O)C2CCC2)CC1)NCc1ccc(C(=O)N(C)C)cc1. The van der Waals surface area contributed by atoms with Crippen LogP contribution in [0.3, 0.4) is 0 Å². The van der Waals surface area contributed by atoms with Gasteiger partial charge in [-0.25, -0.2) is 0 Å². The van der Waals surface area contributed by atoms with E-state index in [9.17, 15) is 9.59 Å². The molecule has 31 heavy (non-hydrogen) atoms. The van der Waals surface area contributed by atoms with Gasteiger partial charge in [0.25, 0.3) is 5.91 Å². The molecule has 0 unspecified atom stereocenters. The molecule has 1 aliphatic heterocycles. The largest absolute Gasteiger partial charge is 0.355 e. The Hall–Kier alpha value is -2.61. The first-order valence-corrected chi connectivity index (χ1v) is 11.2. The molecule has 170 valence electrons. The maximum atomic E-state index is 12.4. The first-order valence-electron chi connectivity index (χ1n) is 11.2. The van der Waals surface area contributed by atoms with Gasteiger partial charge in [-0.2, -0.15) is 0 Å². The van der Waals surface area contributed by atoms with Crippen LogP contribution in [-0.4, -0.2) is 92.9 Å². The van der Waals surface area contributed by atoms with E-state index < -0.39 is 0 Å². The van der Waals surface area contributed by atoms with E-state index in [0.717, 1.165) is 63.6 Å². The molecule has 8 heteroatoms. The lowest BCUT2D eigenvalue weighted by molar-refractivity contribution is -0.139. The lowest BCUT2D eigenvalue weighted by atomic mass is 9.84. The van der Waals surface area contributed by atoms with Crippen LogP contribution in [0.25, 0.3) is 0 Å². The van der Waals surface area contributed by atoms with Crippen molar-refractivity contribution in [2.45, 2.75) is 25.8 Å². The number of rotatable bonds is 7. The molecule has 8 nitrogen and oxygen atoms in total. The molecule has 1 aromatic rings. The third kappa shape index (κ3) is 6.43. The summed E-state index contributed by atoms with van der Waals surface area (Å²) in [6, 6.07) is 7.62. The van der Waals surface area contributed by atoms with Crippen LogP contribution in [0.15, 0.2) is 29.3 Å². The summed E-state index contributed by atoms with van der Waals surface area (Å²) in [5, 5.41) is 6.67. The molecule has 1 aromatic carbocycles. The maximum absolute atomic E-state index is 12.4. The molecule has 3 rings (SSSR count). The van der Waals surface area contributed by atoms with Crippen molar-refractivity contribution >= 4 is 17.8 Å². The summed E-state index contributed by atoms with van der Waals surface area (Å²) < 4.78 is 0. The molecule has 0 bridgehead atoms. The first-order chi connectivity index (χ1) is 15.0. The lowest BCUT2D eigenvalue weighted by Gasteiger charge is -2.38. The highest BCUT2D eigenvalue weighted by Crippen LogP contribution is 2.28. The molecule has 2 amide bonds. The minimum Gasteiger partial charge on any atom is -0.355 e. The fraction of sp³-hybridized carbons (Fsp3) is 0.609. The molecule has 0 radical (unpaired) electrons. The normalized spacial score (nSPS) is 17.8. The monoisotopic (exact) mass is 428 g/mol. The zero-order chi connectivity index (χ0) is 22.2. The highest BCUT2D eigenvalue weighted by Gasteiger charge is 2.30. The summed E-state index contributed by atoms with van der Waals surface area (Å²) in [6.45, 7) is 5.91. The van der Waals surface area contributed by atoms with Crippen LogP contribution in [0, 0.1) is 5.92 Å². The third-order valence-corrected chi connectivity index (χ3v) is 6.15. The van der Waals surface area contributed by atoms with Crippen molar-refractivity contribution in [2.24, 2.45) is 10.9 Å². The highest BCUT2D eigenvalue weighted by molar-refractivity contribution is 5.93. The van der Waals surface area contributed by atoms with E-state index >= 15 is 0 Å². The zero-order valence-corrected chi connectivity index (χ0v) is 19.1. The van der Waals surface area contributed by atoms with Gasteiger partial charge >= 0.3 is 0 Å².